The SMILES string of the molecule is C=CN=C(Cl)/C=C1\C(C)C(C)(C)CN1C(=O)CN1C[C@@H](C)NC[C@@H]1COC. The second-order valence-electron chi connectivity index (χ2n) is 8.24. The van der Waals surface area contributed by atoms with E-state index in [1.165, 1.54) is 6.20 Å². The molecule has 0 aliphatic carbocycles. The first kappa shape index (κ1) is 22.1. The van der Waals surface area contributed by atoms with E-state index >= 15 is 0 Å². The lowest BCUT2D eigenvalue weighted by atomic mass is 9.82. The summed E-state index contributed by atoms with van der Waals surface area (Å²) in [5.41, 5.74) is 0.905. The van der Waals surface area contributed by atoms with E-state index in [-0.39, 0.29) is 23.3 Å². The number of methoxy groups -OCH3 is 1. The molecule has 1 N–H and O–H groups in total. The van der Waals surface area contributed by atoms with Gasteiger partial charge in [0.2, 0.25) is 5.91 Å². The van der Waals surface area contributed by atoms with Crippen molar-refractivity contribution in [2.45, 2.75) is 39.8 Å². The molecule has 0 bridgehead atoms. The van der Waals surface area contributed by atoms with Crippen LogP contribution in [0.4, 0.5) is 0 Å². The van der Waals surface area contributed by atoms with Crippen LogP contribution in [0, 0.1) is 11.3 Å². The van der Waals surface area contributed by atoms with Gasteiger partial charge >= 0.3 is 0 Å². The van der Waals surface area contributed by atoms with Crippen molar-refractivity contribution in [3.63, 3.8) is 0 Å². The summed E-state index contributed by atoms with van der Waals surface area (Å²) in [5.74, 6) is 0.295. The topological polar surface area (TPSA) is 57.2 Å². The average molecular weight is 397 g/mol. The second-order valence-corrected chi connectivity index (χ2v) is 8.63. The first-order valence-electron chi connectivity index (χ1n) is 9.52. The maximum Gasteiger partial charge on any atom is 0.240 e. The molecule has 0 spiro atoms. The van der Waals surface area contributed by atoms with Gasteiger partial charge in [-0.2, -0.15) is 0 Å². The van der Waals surface area contributed by atoms with Crippen molar-refractivity contribution < 1.29 is 9.53 Å². The highest BCUT2D eigenvalue weighted by molar-refractivity contribution is 6.68. The van der Waals surface area contributed by atoms with Gasteiger partial charge in [0.15, 0.2) is 0 Å². The molecule has 3 atom stereocenters. The summed E-state index contributed by atoms with van der Waals surface area (Å²) in [5, 5.41) is 3.80. The van der Waals surface area contributed by atoms with Crippen molar-refractivity contribution >= 4 is 22.7 Å². The summed E-state index contributed by atoms with van der Waals surface area (Å²) >= 11 is 6.19. The Morgan fingerprint density at radius 3 is 2.81 bits per heavy atom. The van der Waals surface area contributed by atoms with Gasteiger partial charge in [0, 0.05) is 56.6 Å². The van der Waals surface area contributed by atoms with E-state index in [0.717, 1.165) is 18.8 Å². The number of nitrogens with one attached hydrogen (secondary N) is 1. The van der Waals surface area contributed by atoms with Crippen molar-refractivity contribution in [1.29, 1.82) is 0 Å². The Hall–Kier alpha value is -1.21. The maximum atomic E-state index is 13.2. The largest absolute Gasteiger partial charge is 0.383 e. The molecule has 6 nitrogen and oxygen atoms in total. The molecule has 27 heavy (non-hydrogen) atoms. The Bertz CT molecular complexity index is 617. The van der Waals surface area contributed by atoms with E-state index in [0.29, 0.717) is 30.9 Å². The Labute approximate surface area is 168 Å². The minimum Gasteiger partial charge on any atom is -0.383 e. The highest BCUT2D eigenvalue weighted by Gasteiger charge is 2.43. The molecular weight excluding hydrogens is 364 g/mol. The molecule has 0 saturated carbocycles. The van der Waals surface area contributed by atoms with Gasteiger partial charge in [-0.05, 0) is 18.4 Å². The molecule has 1 amide bonds. The molecule has 7 heteroatoms. The first-order chi connectivity index (χ1) is 12.7. The van der Waals surface area contributed by atoms with Gasteiger partial charge in [0.05, 0.1) is 13.2 Å². The molecule has 2 saturated heterocycles. The number of rotatable bonds is 6. The number of nitrogens with zero attached hydrogens (tertiary/aromatic N) is 3. The number of hydrogen-bond donors (Lipinski definition) is 1. The van der Waals surface area contributed by atoms with Crippen LogP contribution < -0.4 is 5.32 Å². The number of amides is 1. The Kier molecular flexibility index (Phi) is 7.63. The number of hydrogen-bond acceptors (Lipinski definition) is 5. The van der Waals surface area contributed by atoms with Gasteiger partial charge in [-0.25, -0.2) is 4.99 Å². The van der Waals surface area contributed by atoms with Crippen LogP contribution in [0.15, 0.2) is 29.5 Å². The van der Waals surface area contributed by atoms with Crippen LogP contribution in [0.25, 0.3) is 0 Å². The third-order valence-electron chi connectivity index (χ3n) is 5.70. The summed E-state index contributed by atoms with van der Waals surface area (Å²) in [4.78, 5) is 21.4. The quantitative estimate of drug-likeness (QED) is 0.701. The lowest BCUT2D eigenvalue weighted by Gasteiger charge is -2.39. The zero-order valence-corrected chi connectivity index (χ0v) is 17.9. The van der Waals surface area contributed by atoms with Gasteiger partial charge in [-0.1, -0.05) is 39.0 Å². The minimum atomic E-state index is -0.0183. The van der Waals surface area contributed by atoms with Crippen molar-refractivity contribution in [1.82, 2.24) is 15.1 Å². The van der Waals surface area contributed by atoms with Crippen LogP contribution in [0.3, 0.4) is 0 Å². The molecular formula is C20H33ClN4O2. The summed E-state index contributed by atoms with van der Waals surface area (Å²) < 4.78 is 5.34. The van der Waals surface area contributed by atoms with Gasteiger partial charge in [0.1, 0.15) is 5.17 Å². The number of piperazine rings is 1. The van der Waals surface area contributed by atoms with Crippen LogP contribution in [0.1, 0.15) is 27.7 Å². The summed E-state index contributed by atoms with van der Waals surface area (Å²) in [6, 6.07) is 0.547. The monoisotopic (exact) mass is 396 g/mol. The molecule has 2 fully saturated rings. The average Bonchev–Trinajstić information content (AvgIpc) is 2.81. The molecule has 152 valence electrons. The van der Waals surface area contributed by atoms with Crippen LogP contribution in [-0.2, 0) is 9.53 Å². The predicted octanol–water partition coefficient (Wildman–Crippen LogP) is 2.46. The van der Waals surface area contributed by atoms with Crippen LogP contribution >= 0.6 is 11.6 Å². The molecule has 2 aliphatic rings. The minimum absolute atomic E-state index is 0.0183. The van der Waals surface area contributed by atoms with Crippen molar-refractivity contribution in [2.75, 3.05) is 39.9 Å². The number of halogens is 1. The number of carbonyl (C=O) groups excluding carboxylic acids is 1. The van der Waals surface area contributed by atoms with E-state index in [4.69, 9.17) is 16.3 Å². The summed E-state index contributed by atoms with van der Waals surface area (Å²) in [6.45, 7) is 15.5. The number of likely N-dealkylation sites (tertiary alicyclic amines) is 1. The van der Waals surface area contributed by atoms with Gasteiger partial charge in [-0.15, -0.1) is 0 Å². The summed E-state index contributed by atoms with van der Waals surface area (Å²) in [6.07, 6.45) is 3.21. The Morgan fingerprint density at radius 1 is 1.48 bits per heavy atom. The van der Waals surface area contributed by atoms with Crippen LogP contribution in [0.2, 0.25) is 0 Å². The smallest absolute Gasteiger partial charge is 0.240 e. The third-order valence-corrected chi connectivity index (χ3v) is 5.91. The predicted molar refractivity (Wildman–Crippen MR) is 111 cm³/mol. The fourth-order valence-corrected chi connectivity index (χ4v) is 3.97. The van der Waals surface area contributed by atoms with Gasteiger partial charge < -0.3 is 15.0 Å². The fraction of sp³-hybridized carbons (Fsp3) is 0.700. The summed E-state index contributed by atoms with van der Waals surface area (Å²) in [7, 11) is 1.70. The zero-order chi connectivity index (χ0) is 20.2. The normalized spacial score (nSPS) is 30.7. The van der Waals surface area contributed by atoms with E-state index in [9.17, 15) is 4.79 Å². The number of carbonyl (C=O) groups is 1. The van der Waals surface area contributed by atoms with Crippen LogP contribution in [-0.4, -0.2) is 72.9 Å². The van der Waals surface area contributed by atoms with E-state index in [1.54, 1.807) is 13.2 Å². The highest BCUT2D eigenvalue weighted by atomic mass is 35.5. The standard InChI is InChI=1S/C20H33ClN4O2/c1-7-22-18(21)8-17-15(3)20(4,5)13-25(17)19(26)11-24-10-14(2)23-9-16(24)12-27-6/h7-8,14-16,23H,1,9-13H2,2-6H3/b17-8+,22-18?/t14-,15?,16-/m1/s1. The van der Waals surface area contributed by atoms with Crippen molar-refractivity contribution in [3.05, 3.63) is 24.6 Å². The van der Waals surface area contributed by atoms with E-state index < -0.39 is 0 Å². The molecule has 0 radical (unpaired) electrons. The number of ether oxygens (including phenoxy) is 1. The molecule has 2 aliphatic heterocycles. The molecule has 2 rings (SSSR count). The Morgan fingerprint density at radius 2 is 2.19 bits per heavy atom. The fourth-order valence-electron chi connectivity index (χ4n) is 3.79. The van der Waals surface area contributed by atoms with E-state index in [1.807, 2.05) is 4.90 Å². The lowest BCUT2D eigenvalue weighted by Crippen LogP contribution is -2.59. The molecule has 1 unspecified atom stereocenters. The van der Waals surface area contributed by atoms with Crippen molar-refractivity contribution in [3.8, 4) is 0 Å². The number of aliphatic imine (C=N–C) groups is 1. The second kappa shape index (κ2) is 9.32. The van der Waals surface area contributed by atoms with Gasteiger partial charge in [-0.3, -0.25) is 9.69 Å². The third kappa shape index (κ3) is 5.41. The van der Waals surface area contributed by atoms with Gasteiger partial charge in [0.25, 0.3) is 0 Å². The maximum absolute atomic E-state index is 13.2. The highest BCUT2D eigenvalue weighted by Crippen LogP contribution is 2.42. The van der Waals surface area contributed by atoms with E-state index in [2.05, 4.69) is 49.5 Å². The zero-order valence-electron chi connectivity index (χ0n) is 17.2. The molecule has 0 aromatic rings. The first-order valence-corrected chi connectivity index (χ1v) is 9.90. The lowest BCUT2D eigenvalue weighted by molar-refractivity contribution is -0.131. The Balaban J connectivity index is 2.21. The van der Waals surface area contributed by atoms with Crippen molar-refractivity contribution in [2.24, 2.45) is 16.3 Å². The molecule has 0 aromatic heterocycles. The number of allylic oxidation sites excluding steroid dienone is 2. The van der Waals surface area contributed by atoms with Crippen LogP contribution in [0.5, 0.6) is 0 Å². The molecule has 2 heterocycles. The molecule has 0 aromatic carbocycles.